The molecule has 0 N–H and O–H groups in total. The van der Waals surface area contributed by atoms with E-state index in [1.807, 2.05) is 0 Å². The second-order valence-corrected chi connectivity index (χ2v) is 18.3. The molecule has 324 valence electrons. The van der Waals surface area contributed by atoms with E-state index < -0.39 is 0 Å². The first kappa shape index (κ1) is 39.3. The van der Waals surface area contributed by atoms with Gasteiger partial charge in [0.2, 0.25) is 0 Å². The zero-order valence-corrected chi connectivity index (χ0v) is 37.7. The van der Waals surface area contributed by atoms with Crippen molar-refractivity contribution in [3.05, 3.63) is 260 Å². The summed E-state index contributed by atoms with van der Waals surface area (Å²) in [5.41, 5.74) is 20.6. The third kappa shape index (κ3) is 6.28. The van der Waals surface area contributed by atoms with Crippen LogP contribution < -0.4 is 4.90 Å². The van der Waals surface area contributed by atoms with Crippen LogP contribution >= 0.6 is 0 Å². The average molecular weight is 881 g/mol. The topological polar surface area (TPSA) is 21.3 Å². The second-order valence-electron chi connectivity index (χ2n) is 18.3. The van der Waals surface area contributed by atoms with E-state index in [0.717, 1.165) is 49.8 Å². The van der Waals surface area contributed by atoms with Gasteiger partial charge >= 0.3 is 0 Å². The maximum absolute atomic E-state index is 6.89. The maximum atomic E-state index is 6.89. The highest BCUT2D eigenvalue weighted by molar-refractivity contribution is 6.14. The summed E-state index contributed by atoms with van der Waals surface area (Å²) < 4.78 is 9.42. The Balaban J connectivity index is 1.08. The van der Waals surface area contributed by atoms with E-state index in [1.54, 1.807) is 0 Å². The molecule has 0 spiro atoms. The Morgan fingerprint density at radius 3 is 1.51 bits per heavy atom. The van der Waals surface area contributed by atoms with Crippen molar-refractivity contribution < 1.29 is 4.42 Å². The van der Waals surface area contributed by atoms with Gasteiger partial charge in [-0.1, -0.05) is 200 Å². The third-order valence-corrected chi connectivity index (χ3v) is 14.5. The molecule has 0 fully saturated rings. The van der Waals surface area contributed by atoms with E-state index in [0.29, 0.717) is 0 Å². The van der Waals surface area contributed by atoms with Gasteiger partial charge < -0.3 is 13.9 Å². The van der Waals surface area contributed by atoms with Crippen LogP contribution in [0.5, 0.6) is 0 Å². The number of benzene rings is 10. The van der Waals surface area contributed by atoms with Gasteiger partial charge in [0.15, 0.2) is 0 Å². The van der Waals surface area contributed by atoms with Gasteiger partial charge in [0, 0.05) is 50.0 Å². The molecule has 2 aliphatic rings. The molecule has 0 radical (unpaired) electrons. The van der Waals surface area contributed by atoms with Crippen LogP contribution in [0.4, 0.5) is 11.4 Å². The fourth-order valence-corrected chi connectivity index (χ4v) is 11.4. The minimum absolute atomic E-state index is 0.134. The molecule has 0 bridgehead atoms. The van der Waals surface area contributed by atoms with Crippen molar-refractivity contribution in [2.45, 2.75) is 12.0 Å². The lowest BCUT2D eigenvalue weighted by Crippen LogP contribution is -2.28. The molecule has 0 amide bonds. The van der Waals surface area contributed by atoms with Crippen molar-refractivity contribution in [3.8, 4) is 61.3 Å². The van der Waals surface area contributed by atoms with Crippen molar-refractivity contribution in [2.24, 2.45) is 0 Å². The highest BCUT2D eigenvalue weighted by Crippen LogP contribution is 2.52. The fourth-order valence-electron chi connectivity index (χ4n) is 11.4. The molecule has 2 aromatic heterocycles. The quantitative estimate of drug-likeness (QED) is 0.159. The van der Waals surface area contributed by atoms with E-state index in [9.17, 15) is 0 Å². The molecule has 0 saturated carbocycles. The summed E-state index contributed by atoms with van der Waals surface area (Å²) in [5, 5.41) is 4.62. The molecular formula is C66H44N2O. The smallest absolute Gasteiger partial charge is 0.143 e. The second kappa shape index (κ2) is 15.9. The van der Waals surface area contributed by atoms with E-state index in [-0.39, 0.29) is 12.0 Å². The standard InChI is InChI=1S/C66H44N2O/c1-4-19-43(20-5-1)48-25-10-12-27-50(48)45-35-37-61-56(39-45)57-40-46(51-28-13-11-26-49(51)44-21-6-2-7-22-44)36-38-62(57)68(61)64-41-58-52-29-14-16-33-60(52)67(47-23-8-3-9-24-47)63(58)42-59(64)55-32-18-31-54-53-30-15-17-34-65(53)69-66(54)55/h1-42,52,60H. The van der Waals surface area contributed by atoms with E-state index in [4.69, 9.17) is 4.42 Å². The number of rotatable bonds is 7. The lowest BCUT2D eigenvalue weighted by Gasteiger charge is -2.28. The monoisotopic (exact) mass is 880 g/mol. The lowest BCUT2D eigenvalue weighted by molar-refractivity contribution is 0.670. The number of allylic oxidation sites excluding steroid dienone is 2. The molecule has 14 rings (SSSR count). The molecule has 0 saturated heterocycles. The Hall–Kier alpha value is -8.92. The number of hydrogen-bond acceptors (Lipinski definition) is 2. The van der Waals surface area contributed by atoms with Gasteiger partial charge in [0.25, 0.3) is 0 Å². The van der Waals surface area contributed by atoms with Crippen LogP contribution in [0, 0.1) is 0 Å². The average Bonchev–Trinajstić information content (AvgIpc) is 4.08. The minimum atomic E-state index is 0.134. The highest BCUT2D eigenvalue weighted by atomic mass is 16.3. The number of para-hydroxylation sites is 3. The number of hydrogen-bond donors (Lipinski definition) is 0. The van der Waals surface area contributed by atoms with Gasteiger partial charge in [0.1, 0.15) is 11.2 Å². The third-order valence-electron chi connectivity index (χ3n) is 14.5. The van der Waals surface area contributed by atoms with Crippen molar-refractivity contribution in [2.75, 3.05) is 4.90 Å². The Morgan fingerprint density at radius 2 is 0.870 bits per heavy atom. The normalized spacial score (nSPS) is 15.1. The fraction of sp³-hybridized carbons (Fsp3) is 0.0303. The Labute approximate surface area is 400 Å². The summed E-state index contributed by atoms with van der Waals surface area (Å²) >= 11 is 0. The first-order valence-electron chi connectivity index (χ1n) is 23.9. The Bertz CT molecular complexity index is 3890. The highest BCUT2D eigenvalue weighted by Gasteiger charge is 2.39. The number of anilines is 2. The maximum Gasteiger partial charge on any atom is 0.143 e. The van der Waals surface area contributed by atoms with Crippen LogP contribution in [0.25, 0.3) is 105 Å². The van der Waals surface area contributed by atoms with E-state index >= 15 is 0 Å². The summed E-state index contributed by atoms with van der Waals surface area (Å²) in [7, 11) is 0. The van der Waals surface area contributed by atoms with E-state index in [1.165, 1.54) is 72.2 Å². The van der Waals surface area contributed by atoms with Crippen LogP contribution in [-0.4, -0.2) is 10.6 Å². The summed E-state index contributed by atoms with van der Waals surface area (Å²) in [5.74, 6) is 0.162. The zero-order valence-electron chi connectivity index (χ0n) is 37.7. The predicted octanol–water partition coefficient (Wildman–Crippen LogP) is 17.7. The van der Waals surface area contributed by atoms with Crippen molar-refractivity contribution >= 4 is 55.1 Å². The van der Waals surface area contributed by atoms with E-state index in [2.05, 4.69) is 264 Å². The first-order valence-corrected chi connectivity index (χ1v) is 23.9. The molecular weight excluding hydrogens is 837 g/mol. The lowest BCUT2D eigenvalue weighted by atomic mass is 9.89. The van der Waals surface area contributed by atoms with Gasteiger partial charge in [-0.25, -0.2) is 0 Å². The number of nitrogens with zero attached hydrogens (tertiary/aromatic N) is 2. The molecule has 3 heterocycles. The molecule has 10 aromatic carbocycles. The number of furan rings is 1. The Kier molecular flexibility index (Phi) is 9.03. The van der Waals surface area contributed by atoms with Crippen LogP contribution in [0.2, 0.25) is 0 Å². The first-order chi connectivity index (χ1) is 34.2. The molecule has 3 nitrogen and oxygen atoms in total. The van der Waals surface area contributed by atoms with Gasteiger partial charge in [0.05, 0.1) is 22.8 Å². The number of aromatic nitrogens is 1. The van der Waals surface area contributed by atoms with Crippen molar-refractivity contribution in [1.82, 2.24) is 4.57 Å². The molecule has 2 unspecified atom stereocenters. The molecule has 69 heavy (non-hydrogen) atoms. The minimum Gasteiger partial charge on any atom is -0.455 e. The van der Waals surface area contributed by atoms with Crippen LogP contribution in [0.15, 0.2) is 259 Å². The predicted molar refractivity (Wildman–Crippen MR) is 289 cm³/mol. The largest absolute Gasteiger partial charge is 0.455 e. The van der Waals surface area contributed by atoms with Crippen LogP contribution in [0.3, 0.4) is 0 Å². The van der Waals surface area contributed by atoms with Crippen molar-refractivity contribution in [1.29, 1.82) is 0 Å². The van der Waals surface area contributed by atoms with Gasteiger partial charge in [-0.3, -0.25) is 0 Å². The van der Waals surface area contributed by atoms with Crippen LogP contribution in [-0.2, 0) is 0 Å². The Morgan fingerprint density at radius 1 is 0.348 bits per heavy atom. The zero-order chi connectivity index (χ0) is 45.4. The summed E-state index contributed by atoms with van der Waals surface area (Å²) in [6.45, 7) is 0. The number of fused-ring (bicyclic) bond motifs is 9. The molecule has 1 aliphatic heterocycles. The molecule has 3 heteroatoms. The van der Waals surface area contributed by atoms with Gasteiger partial charge in [-0.05, 0) is 105 Å². The summed E-state index contributed by atoms with van der Waals surface area (Å²) in [6.07, 6.45) is 9.16. The molecule has 2 atom stereocenters. The van der Waals surface area contributed by atoms with Crippen molar-refractivity contribution in [3.63, 3.8) is 0 Å². The van der Waals surface area contributed by atoms with Gasteiger partial charge in [-0.15, -0.1) is 0 Å². The SMILES string of the molecule is C1=CC2c3cc(-n4c5ccc(-c6ccccc6-c6ccccc6)cc5c5cc(-c6ccccc6-c6ccccc6)ccc54)c(-c4cccc5c4oc4ccccc45)cc3N(c3ccccc3)C2C=C1. The summed E-state index contributed by atoms with van der Waals surface area (Å²) in [4.78, 5) is 2.53. The van der Waals surface area contributed by atoms with Gasteiger partial charge in [-0.2, -0.15) is 0 Å². The van der Waals surface area contributed by atoms with Crippen LogP contribution in [0.1, 0.15) is 11.5 Å². The molecule has 1 aliphatic carbocycles. The summed E-state index contributed by atoms with van der Waals surface area (Å²) in [6, 6.07) is 84.3. The molecule has 12 aromatic rings.